The van der Waals surface area contributed by atoms with Crippen LogP contribution in [0.4, 0.5) is 4.39 Å². The van der Waals surface area contributed by atoms with Crippen LogP contribution in [0.15, 0.2) is 47.1 Å². The van der Waals surface area contributed by atoms with Crippen LogP contribution in [0.2, 0.25) is 0 Å². The van der Waals surface area contributed by atoms with Crippen molar-refractivity contribution in [2.75, 3.05) is 0 Å². The Kier molecular flexibility index (Phi) is 1.36. The van der Waals surface area contributed by atoms with Gasteiger partial charge in [-0.25, -0.2) is 8.91 Å². The first-order valence-corrected chi connectivity index (χ1v) is 4.33. The minimum Gasteiger partial charge on any atom is -0.230 e. The zero-order valence-electron chi connectivity index (χ0n) is 7.27. The summed E-state index contributed by atoms with van der Waals surface area (Å²) < 4.78 is 20.1. The summed E-state index contributed by atoms with van der Waals surface area (Å²) in [6, 6.07) is 10.2. The van der Waals surface area contributed by atoms with E-state index >= 15 is 0 Å². The van der Waals surface area contributed by atoms with Crippen molar-refractivity contribution in [3.05, 3.63) is 48.4 Å². The fourth-order valence-electron chi connectivity index (χ4n) is 1.60. The molecule has 0 spiro atoms. The molecule has 0 saturated heterocycles. The van der Waals surface area contributed by atoms with Gasteiger partial charge in [-0.15, -0.1) is 0 Å². The van der Waals surface area contributed by atoms with Gasteiger partial charge in [0.15, 0.2) is 0 Å². The van der Waals surface area contributed by atoms with Gasteiger partial charge >= 0.3 is 0 Å². The van der Waals surface area contributed by atoms with Crippen molar-refractivity contribution in [2.45, 2.75) is 0 Å². The van der Waals surface area contributed by atoms with Gasteiger partial charge in [-0.3, -0.25) is 0 Å². The molecule has 0 aliphatic rings. The average Bonchev–Trinajstić information content (AvgIpc) is 2.56. The van der Waals surface area contributed by atoms with E-state index < -0.39 is 0 Å². The van der Waals surface area contributed by atoms with Crippen molar-refractivity contribution in [1.82, 2.24) is 0 Å². The topological polar surface area (TPSA) is 17.2 Å². The Bertz CT molecular complexity index is 615. The highest BCUT2D eigenvalue weighted by atomic mass is 19.1. The molecule has 2 nitrogen and oxygen atoms in total. The molecule has 68 valence electrons. The number of benzene rings is 1. The lowest BCUT2D eigenvalue weighted by atomic mass is 10.2. The molecule has 0 amide bonds. The van der Waals surface area contributed by atoms with Gasteiger partial charge in [-0.1, -0.05) is 0 Å². The van der Waals surface area contributed by atoms with Crippen LogP contribution >= 0.6 is 0 Å². The highest BCUT2D eigenvalue weighted by Gasteiger charge is 2.13. The largest absolute Gasteiger partial charge is 0.269 e. The van der Waals surface area contributed by atoms with Crippen LogP contribution in [-0.2, 0) is 0 Å². The fraction of sp³-hybridized carbons (Fsp3) is 0. The molecule has 3 rings (SSSR count). The van der Waals surface area contributed by atoms with Gasteiger partial charge in [0.1, 0.15) is 11.2 Å². The third kappa shape index (κ3) is 0.923. The molecule has 0 unspecified atom stereocenters. The van der Waals surface area contributed by atoms with Crippen LogP contribution in [0.1, 0.15) is 0 Å². The third-order valence-electron chi connectivity index (χ3n) is 2.24. The minimum atomic E-state index is -0.246. The van der Waals surface area contributed by atoms with Crippen LogP contribution in [-0.4, -0.2) is 0 Å². The van der Waals surface area contributed by atoms with Crippen LogP contribution in [0, 0.1) is 5.82 Å². The molecule has 3 heteroatoms. The van der Waals surface area contributed by atoms with Crippen molar-refractivity contribution in [3.63, 3.8) is 0 Å². The highest BCUT2D eigenvalue weighted by molar-refractivity contribution is 5.89. The number of nitrogens with zero attached hydrogens (tertiary/aromatic N) is 1. The highest BCUT2D eigenvalue weighted by Crippen LogP contribution is 2.18. The fourth-order valence-corrected chi connectivity index (χ4v) is 1.60. The van der Waals surface area contributed by atoms with Gasteiger partial charge in [0.05, 0.1) is 0 Å². The van der Waals surface area contributed by atoms with Crippen LogP contribution < -0.4 is 4.57 Å². The summed E-state index contributed by atoms with van der Waals surface area (Å²) in [5.41, 5.74) is 1.57. The quantitative estimate of drug-likeness (QED) is 0.495. The first-order valence-electron chi connectivity index (χ1n) is 4.33. The Morgan fingerprint density at radius 1 is 1.14 bits per heavy atom. The first kappa shape index (κ1) is 7.50. The Labute approximate surface area is 79.2 Å². The van der Waals surface area contributed by atoms with E-state index in [0.717, 1.165) is 10.9 Å². The number of hydrogen-bond acceptors (Lipinski definition) is 1. The van der Waals surface area contributed by atoms with Gasteiger partial charge in [-0.05, 0) is 24.3 Å². The van der Waals surface area contributed by atoms with E-state index in [1.807, 2.05) is 18.2 Å². The van der Waals surface area contributed by atoms with E-state index in [2.05, 4.69) is 0 Å². The minimum absolute atomic E-state index is 0.246. The maximum Gasteiger partial charge on any atom is 0.269 e. The van der Waals surface area contributed by atoms with Crippen molar-refractivity contribution in [1.29, 1.82) is 0 Å². The van der Waals surface area contributed by atoms with Crippen molar-refractivity contribution >= 4 is 16.5 Å². The summed E-state index contributed by atoms with van der Waals surface area (Å²) in [7, 11) is 0. The molecule has 0 aliphatic heterocycles. The van der Waals surface area contributed by atoms with Crippen LogP contribution in [0.3, 0.4) is 0 Å². The first-order chi connectivity index (χ1) is 6.84. The van der Waals surface area contributed by atoms with Gasteiger partial charge in [0.25, 0.3) is 5.52 Å². The number of pyridine rings is 1. The Morgan fingerprint density at radius 2 is 2.07 bits per heavy atom. The molecule has 0 N–H and O–H groups in total. The van der Waals surface area contributed by atoms with Gasteiger partial charge in [0.2, 0.25) is 11.8 Å². The van der Waals surface area contributed by atoms with E-state index in [1.165, 1.54) is 12.1 Å². The number of hydrogen-bond donors (Lipinski definition) is 0. The number of aromatic nitrogens is 1. The molecule has 14 heavy (non-hydrogen) atoms. The second-order valence-electron chi connectivity index (χ2n) is 3.14. The second kappa shape index (κ2) is 2.54. The third-order valence-corrected chi connectivity index (χ3v) is 2.24. The van der Waals surface area contributed by atoms with E-state index in [4.69, 9.17) is 4.52 Å². The maximum absolute atomic E-state index is 13.0. The van der Waals surface area contributed by atoms with Crippen LogP contribution in [0.25, 0.3) is 16.5 Å². The van der Waals surface area contributed by atoms with Gasteiger partial charge in [0, 0.05) is 16.7 Å². The molecule has 1 aromatic carbocycles. The smallest absolute Gasteiger partial charge is 0.230 e. The monoisotopic (exact) mass is 188 g/mol. The molecule has 2 heterocycles. The maximum atomic E-state index is 13.0. The SMILES string of the molecule is Fc1ccc2o[n+]3ccccc3c2c1. The summed E-state index contributed by atoms with van der Waals surface area (Å²) >= 11 is 0. The molecule has 2 aromatic heterocycles. The zero-order chi connectivity index (χ0) is 9.54. The summed E-state index contributed by atoms with van der Waals surface area (Å²) in [6.45, 7) is 0. The van der Waals surface area contributed by atoms with E-state index in [1.54, 1.807) is 16.8 Å². The Balaban J connectivity index is 2.58. The van der Waals surface area contributed by atoms with E-state index in [-0.39, 0.29) is 5.82 Å². The molecule has 0 aliphatic carbocycles. The van der Waals surface area contributed by atoms with Crippen molar-refractivity contribution in [3.8, 4) is 0 Å². The zero-order valence-corrected chi connectivity index (χ0v) is 7.27. The molecule has 0 fully saturated rings. The van der Waals surface area contributed by atoms with Crippen molar-refractivity contribution in [2.24, 2.45) is 0 Å². The van der Waals surface area contributed by atoms with E-state index in [9.17, 15) is 4.39 Å². The Morgan fingerprint density at radius 3 is 3.00 bits per heavy atom. The predicted octanol–water partition coefficient (Wildman–Crippen LogP) is 2.31. The molecule has 0 saturated carbocycles. The standard InChI is InChI=1S/C11H7FNO/c12-8-4-5-11-9(7-8)10-3-1-2-6-13(10)14-11/h1-7H/q+1. The summed E-state index contributed by atoms with van der Waals surface area (Å²) in [5.74, 6) is -0.246. The number of rotatable bonds is 0. The molecular formula is C11H7FNO+. The Hall–Kier alpha value is -1.90. The normalized spacial score (nSPS) is 11.2. The average molecular weight is 188 g/mol. The molecule has 3 aromatic rings. The lowest BCUT2D eigenvalue weighted by Crippen LogP contribution is -2.15. The molecule has 0 atom stereocenters. The summed E-state index contributed by atoms with van der Waals surface area (Å²) in [6.07, 6.45) is 1.80. The second-order valence-corrected chi connectivity index (χ2v) is 3.14. The lowest BCUT2D eigenvalue weighted by molar-refractivity contribution is -0.712. The van der Waals surface area contributed by atoms with Crippen LogP contribution in [0.5, 0.6) is 0 Å². The van der Waals surface area contributed by atoms with E-state index in [0.29, 0.717) is 5.58 Å². The predicted molar refractivity (Wildman–Crippen MR) is 49.3 cm³/mol. The lowest BCUT2D eigenvalue weighted by Gasteiger charge is -1.83. The van der Waals surface area contributed by atoms with Gasteiger partial charge < -0.3 is 0 Å². The summed E-state index contributed by atoms with van der Waals surface area (Å²) in [4.78, 5) is 0. The number of halogens is 1. The molecular weight excluding hydrogens is 181 g/mol. The summed E-state index contributed by atoms with van der Waals surface area (Å²) in [5, 5.41) is 0.797. The van der Waals surface area contributed by atoms with Crippen molar-refractivity contribution < 1.29 is 13.5 Å². The van der Waals surface area contributed by atoms with Gasteiger partial charge in [-0.2, -0.15) is 0 Å². The molecule has 0 radical (unpaired) electrons. The number of fused-ring (bicyclic) bond motifs is 3. The molecule has 0 bridgehead atoms.